The number of ketones is 2. The molecule has 3 aliphatic heterocycles. The van der Waals surface area contributed by atoms with Crippen molar-refractivity contribution in [2.45, 2.75) is 199 Å². The molecule has 15 atom stereocenters. The summed E-state index contributed by atoms with van der Waals surface area (Å²) in [5, 5.41) is 34.2. The number of Topliss-reactive ketones (excluding diaryl/α,β-unsaturated/α-hetero) is 2. The van der Waals surface area contributed by atoms with Crippen LogP contribution in [0.15, 0.2) is 59.8 Å². The molecule has 2 saturated carbocycles. The number of carbonyl (C=O) groups is 4. The molecule has 2 unspecified atom stereocenters. The maximum atomic E-state index is 14.4. The SMILES string of the molecule is C=C1[C@H](C)C[C@H](C)/C=C/C=C/C=C(\C)C(OC2CC2)C[C@@H]2CC[C@@H](C)[C@@](O)(O2)C(=O)C(=O)N2CCCCC2C(=O)O[C@H]([C@H](C)C[C@@H]2CC[C@@H](O)[C@H](OC)C2)CC(=O)[C@H](C)/C=C(\C)[C@@H](O)[C@H]1OC. The number of aliphatic hydroxyl groups excluding tert-OH is 2. The number of nitrogens with zero attached hydrogens (tertiary/aromatic N) is 1. The fraction of sp³-hybridized carbons (Fsp3) is 0.741. The predicted octanol–water partition coefficient (Wildman–Crippen LogP) is 7.70. The van der Waals surface area contributed by atoms with E-state index in [0.29, 0.717) is 56.9 Å². The molecular weight excluding hydrogens is 855 g/mol. The molecule has 2 aliphatic carbocycles. The second-order valence-corrected chi connectivity index (χ2v) is 20.9. The van der Waals surface area contributed by atoms with Crippen LogP contribution in [-0.4, -0.2) is 125 Å². The molecule has 3 heterocycles. The maximum absolute atomic E-state index is 14.4. The second kappa shape index (κ2) is 25.0. The van der Waals surface area contributed by atoms with Crippen molar-refractivity contribution in [2.75, 3.05) is 20.8 Å². The number of allylic oxidation sites excluding steroid dienone is 6. The third-order valence-electron chi connectivity index (χ3n) is 15.3. The molecule has 5 rings (SSSR count). The number of carbonyl (C=O) groups excluding carboxylic acids is 4. The zero-order valence-corrected chi connectivity index (χ0v) is 41.9. The molecular formula is C54H83NO12. The number of rotatable bonds is 7. The molecule has 0 aromatic carbocycles. The maximum Gasteiger partial charge on any atom is 0.329 e. The van der Waals surface area contributed by atoms with Gasteiger partial charge in [0.1, 0.15) is 30.1 Å². The van der Waals surface area contributed by atoms with Gasteiger partial charge in [-0.3, -0.25) is 14.4 Å². The summed E-state index contributed by atoms with van der Waals surface area (Å²) in [6.07, 6.45) is 15.3. The van der Waals surface area contributed by atoms with Gasteiger partial charge in [0.2, 0.25) is 5.79 Å². The van der Waals surface area contributed by atoms with Gasteiger partial charge in [0.15, 0.2) is 0 Å². The van der Waals surface area contributed by atoms with Crippen molar-refractivity contribution >= 4 is 23.4 Å². The molecule has 67 heavy (non-hydrogen) atoms. The molecule has 1 amide bonds. The zero-order chi connectivity index (χ0) is 49.2. The topological polar surface area (TPSA) is 178 Å². The van der Waals surface area contributed by atoms with Crippen molar-refractivity contribution in [1.82, 2.24) is 4.90 Å². The lowest BCUT2D eigenvalue weighted by molar-refractivity contribution is -0.266. The average molecular weight is 938 g/mol. The monoisotopic (exact) mass is 938 g/mol. The van der Waals surface area contributed by atoms with Crippen LogP contribution in [0.4, 0.5) is 0 Å². The average Bonchev–Trinajstić information content (AvgIpc) is 4.13. The van der Waals surface area contributed by atoms with Gasteiger partial charge in [0.05, 0.1) is 30.5 Å². The van der Waals surface area contributed by atoms with Gasteiger partial charge in [-0.15, -0.1) is 0 Å². The van der Waals surface area contributed by atoms with Gasteiger partial charge in [-0.2, -0.15) is 0 Å². The highest BCUT2D eigenvalue weighted by Gasteiger charge is 2.53. The Morgan fingerprint density at radius 2 is 1.61 bits per heavy atom. The van der Waals surface area contributed by atoms with E-state index >= 15 is 0 Å². The Balaban J connectivity index is 1.47. The summed E-state index contributed by atoms with van der Waals surface area (Å²) in [7, 11) is 3.13. The largest absolute Gasteiger partial charge is 0.460 e. The lowest BCUT2D eigenvalue weighted by Gasteiger charge is -2.43. The molecule has 3 N–H and O–H groups in total. The highest BCUT2D eigenvalue weighted by molar-refractivity contribution is 6.39. The summed E-state index contributed by atoms with van der Waals surface area (Å²) in [5.41, 5.74) is 2.27. The molecule has 376 valence electrons. The second-order valence-electron chi connectivity index (χ2n) is 20.9. The minimum Gasteiger partial charge on any atom is -0.460 e. The summed E-state index contributed by atoms with van der Waals surface area (Å²) in [6.45, 7) is 17.8. The Bertz CT molecular complexity index is 1830. The Labute approximate surface area is 400 Å². The number of hydrogen-bond donors (Lipinski definition) is 3. The molecule has 0 radical (unpaired) electrons. The van der Waals surface area contributed by atoms with E-state index in [0.717, 1.165) is 36.8 Å². The predicted molar refractivity (Wildman–Crippen MR) is 256 cm³/mol. The Morgan fingerprint density at radius 3 is 2.30 bits per heavy atom. The normalized spacial score (nSPS) is 40.7. The highest BCUT2D eigenvalue weighted by Crippen LogP contribution is 2.39. The Morgan fingerprint density at radius 1 is 0.881 bits per heavy atom. The number of hydrogen-bond acceptors (Lipinski definition) is 12. The van der Waals surface area contributed by atoms with E-state index in [1.165, 1.54) is 4.90 Å². The third-order valence-corrected chi connectivity index (χ3v) is 15.3. The van der Waals surface area contributed by atoms with Crippen LogP contribution < -0.4 is 0 Å². The van der Waals surface area contributed by atoms with Crippen LogP contribution in [0.2, 0.25) is 0 Å². The van der Waals surface area contributed by atoms with Gasteiger partial charge in [-0.05, 0) is 131 Å². The van der Waals surface area contributed by atoms with Crippen LogP contribution in [0.3, 0.4) is 0 Å². The van der Waals surface area contributed by atoms with E-state index in [4.69, 9.17) is 23.7 Å². The lowest BCUT2D eigenvalue weighted by Crippen LogP contribution is -2.61. The summed E-state index contributed by atoms with van der Waals surface area (Å²) in [6, 6.07) is -1.11. The van der Waals surface area contributed by atoms with Crippen LogP contribution in [0, 0.1) is 35.5 Å². The van der Waals surface area contributed by atoms with Gasteiger partial charge in [-0.25, -0.2) is 4.79 Å². The Hall–Kier alpha value is -3.30. The highest BCUT2D eigenvalue weighted by atomic mass is 16.6. The summed E-state index contributed by atoms with van der Waals surface area (Å²) in [4.78, 5) is 58.5. The first kappa shape index (κ1) is 54.6. The van der Waals surface area contributed by atoms with Crippen molar-refractivity contribution in [3.63, 3.8) is 0 Å². The fourth-order valence-corrected chi connectivity index (χ4v) is 10.6. The first-order valence-electron chi connectivity index (χ1n) is 25.2. The summed E-state index contributed by atoms with van der Waals surface area (Å²) < 4.78 is 30.5. The minimum absolute atomic E-state index is 0.00505. The molecule has 0 spiro atoms. The van der Waals surface area contributed by atoms with Gasteiger partial charge in [-0.1, -0.05) is 77.7 Å². The van der Waals surface area contributed by atoms with E-state index in [2.05, 4.69) is 26.5 Å². The minimum atomic E-state index is -2.41. The quantitative estimate of drug-likeness (QED) is 0.129. The van der Waals surface area contributed by atoms with Crippen molar-refractivity contribution in [1.29, 1.82) is 0 Å². The Kier molecular flexibility index (Phi) is 20.4. The number of amides is 1. The van der Waals surface area contributed by atoms with Gasteiger partial charge in [0.25, 0.3) is 11.7 Å². The number of fused-ring (bicyclic) bond motifs is 3. The summed E-state index contributed by atoms with van der Waals surface area (Å²) in [5.74, 6) is -6.75. The van der Waals surface area contributed by atoms with Crippen molar-refractivity contribution < 1.29 is 58.2 Å². The molecule has 0 aromatic heterocycles. The summed E-state index contributed by atoms with van der Waals surface area (Å²) >= 11 is 0. The molecule has 0 aromatic rings. The molecule has 2 bridgehead atoms. The molecule has 2 saturated heterocycles. The van der Waals surface area contributed by atoms with Crippen LogP contribution in [0.5, 0.6) is 0 Å². The van der Waals surface area contributed by atoms with Crippen molar-refractivity contribution in [3.8, 4) is 0 Å². The smallest absolute Gasteiger partial charge is 0.329 e. The number of aliphatic hydroxyl groups is 3. The first-order valence-corrected chi connectivity index (χ1v) is 25.2. The molecule has 13 nitrogen and oxygen atoms in total. The van der Waals surface area contributed by atoms with Gasteiger partial charge >= 0.3 is 5.97 Å². The van der Waals surface area contributed by atoms with E-state index < -0.39 is 71.8 Å². The van der Waals surface area contributed by atoms with Gasteiger partial charge < -0.3 is 43.9 Å². The third kappa shape index (κ3) is 14.6. The number of methoxy groups -OCH3 is 2. The standard InChI is InChI=1S/C54H83NO12/c1-32-16-12-11-13-17-33(2)46(65-41-22-23-41)30-42-21-19-38(7)54(62,67-42)51(59)52(60)55-25-15-14-18-43(55)53(61)66-47(36(5)28-40-20-24-44(56)48(29-40)63-9)31-45(57)35(4)27-37(6)49(58)50(64-10)39(8)34(3)26-32/h11-13,16-17,27,32,34-36,38,40-44,46-50,56,58,62H,8,14-15,18-26,28-31H2,1-7,9-10H3/b13-11+,16-12+,33-17+,37-27+/t32-,34-,35-,36-,38-,40+,42+,43?,44-,46?,47+,48-,49-,50+,54-/m1/s1. The number of esters is 1. The first-order chi connectivity index (χ1) is 31.8. The molecule has 5 aliphatic rings. The van der Waals surface area contributed by atoms with Crippen LogP contribution in [0.25, 0.3) is 0 Å². The van der Waals surface area contributed by atoms with Crippen LogP contribution >= 0.6 is 0 Å². The van der Waals surface area contributed by atoms with Crippen molar-refractivity contribution in [3.05, 3.63) is 59.8 Å². The van der Waals surface area contributed by atoms with Crippen LogP contribution in [0.1, 0.15) is 138 Å². The number of piperidine rings is 1. The molecule has 4 fully saturated rings. The van der Waals surface area contributed by atoms with Gasteiger partial charge in [0, 0.05) is 45.4 Å². The molecule has 13 heteroatoms. The fourth-order valence-electron chi connectivity index (χ4n) is 10.6. The van der Waals surface area contributed by atoms with Crippen molar-refractivity contribution in [2.24, 2.45) is 35.5 Å². The van der Waals surface area contributed by atoms with Crippen LogP contribution in [-0.2, 0) is 42.9 Å². The lowest BCUT2D eigenvalue weighted by atomic mass is 9.78. The number of ether oxygens (including phenoxy) is 5. The van der Waals surface area contributed by atoms with E-state index in [1.807, 2.05) is 38.2 Å². The van der Waals surface area contributed by atoms with E-state index in [-0.39, 0.29) is 67.2 Å². The zero-order valence-electron chi connectivity index (χ0n) is 41.9. The number of cyclic esters (lactones) is 1. The van der Waals surface area contributed by atoms with E-state index in [1.54, 1.807) is 41.1 Å². The van der Waals surface area contributed by atoms with E-state index in [9.17, 15) is 34.5 Å².